The molecule has 17 heavy (non-hydrogen) atoms. The fourth-order valence-electron chi connectivity index (χ4n) is 1.60. The van der Waals surface area contributed by atoms with Crippen molar-refractivity contribution < 1.29 is 13.9 Å². The minimum atomic E-state index is -0.541. The Morgan fingerprint density at radius 2 is 2.47 bits per heavy atom. The number of nitrogens with one attached hydrogen (secondary N) is 1. The van der Waals surface area contributed by atoms with Crippen molar-refractivity contribution >= 4 is 11.8 Å². The molecule has 1 aliphatic rings. The minimum Gasteiger partial charge on any atom is -0.442 e. The summed E-state index contributed by atoms with van der Waals surface area (Å²) in [5.74, 6) is -0.412. The topological polar surface area (TPSA) is 79.9 Å². The zero-order valence-electron chi connectivity index (χ0n) is 8.84. The van der Waals surface area contributed by atoms with Crippen LogP contribution in [-0.4, -0.2) is 25.3 Å². The maximum Gasteiger partial charge on any atom is 0.414 e. The Kier molecular flexibility index (Phi) is 3.11. The van der Waals surface area contributed by atoms with E-state index in [0.717, 1.165) is 0 Å². The van der Waals surface area contributed by atoms with Crippen LogP contribution in [-0.2, 0) is 4.74 Å². The molecule has 2 rings (SSSR count). The van der Waals surface area contributed by atoms with Crippen LogP contribution in [0.25, 0.3) is 0 Å². The summed E-state index contributed by atoms with van der Waals surface area (Å²) in [6.07, 6.45) is -0.986. The number of carbonyl (C=O) groups excluding carboxylic acids is 1. The molecule has 0 spiro atoms. The van der Waals surface area contributed by atoms with Gasteiger partial charge in [0.15, 0.2) is 6.54 Å². The molecule has 7 heteroatoms. The Morgan fingerprint density at radius 3 is 3.18 bits per heavy atom. The van der Waals surface area contributed by atoms with Gasteiger partial charge in [-0.25, -0.2) is 9.18 Å². The molecule has 1 saturated heterocycles. The molecule has 1 aromatic carbocycles. The predicted octanol–water partition coefficient (Wildman–Crippen LogP) is 1.70. The largest absolute Gasteiger partial charge is 0.442 e. The molecule has 0 aliphatic carbocycles. The molecule has 1 atom stereocenters. The number of rotatable bonds is 3. The second-order valence-corrected chi connectivity index (χ2v) is 3.52. The fourth-order valence-corrected chi connectivity index (χ4v) is 1.60. The molecule has 0 unspecified atom stereocenters. The van der Waals surface area contributed by atoms with Gasteiger partial charge < -0.3 is 4.74 Å². The summed E-state index contributed by atoms with van der Waals surface area (Å²) in [5, 5.41) is 3.45. The number of nitrogens with zero attached hydrogens (tertiary/aromatic N) is 3. The van der Waals surface area contributed by atoms with Crippen molar-refractivity contribution in [3.63, 3.8) is 0 Å². The van der Waals surface area contributed by atoms with Crippen LogP contribution in [0.15, 0.2) is 29.4 Å². The lowest BCUT2D eigenvalue weighted by Gasteiger charge is -2.12. The van der Waals surface area contributed by atoms with Gasteiger partial charge in [0.25, 0.3) is 0 Å². The number of hydrogen-bond donors (Lipinski definition) is 1. The maximum absolute atomic E-state index is 13.0. The molecule has 0 saturated carbocycles. The molecule has 0 bridgehead atoms. The Hall–Kier alpha value is -2.27. The van der Waals surface area contributed by atoms with Gasteiger partial charge >= 0.3 is 6.09 Å². The Bertz CT molecular complexity index is 487. The molecule has 1 aliphatic heterocycles. The van der Waals surface area contributed by atoms with Crippen LogP contribution in [0.4, 0.5) is 14.9 Å². The maximum atomic E-state index is 13.0. The van der Waals surface area contributed by atoms with Gasteiger partial charge in [-0.1, -0.05) is 6.07 Å². The summed E-state index contributed by atoms with van der Waals surface area (Å²) < 4.78 is 18.0. The first kappa shape index (κ1) is 11.2. The van der Waals surface area contributed by atoms with E-state index >= 15 is 0 Å². The molecule has 1 amide bonds. The Labute approximate surface area is 96.2 Å². The first-order valence-corrected chi connectivity index (χ1v) is 4.97. The highest BCUT2D eigenvalue weighted by molar-refractivity contribution is 5.89. The number of halogens is 1. The third kappa shape index (κ3) is 2.46. The highest BCUT2D eigenvalue weighted by Gasteiger charge is 2.33. The number of amides is 1. The molecule has 1 heterocycles. The van der Waals surface area contributed by atoms with Crippen LogP contribution in [0.1, 0.15) is 0 Å². The van der Waals surface area contributed by atoms with Crippen molar-refractivity contribution in [1.82, 2.24) is 4.91 Å². The molecule has 0 radical (unpaired) electrons. The van der Waals surface area contributed by atoms with Gasteiger partial charge in [-0.3, -0.25) is 4.90 Å². The number of carbonyl (C=O) groups is 1. The van der Waals surface area contributed by atoms with E-state index in [2.05, 4.69) is 10.0 Å². The zero-order chi connectivity index (χ0) is 12.3. The Morgan fingerprint density at radius 1 is 1.65 bits per heavy atom. The van der Waals surface area contributed by atoms with Crippen LogP contribution < -0.4 is 9.81 Å². The van der Waals surface area contributed by atoms with Gasteiger partial charge in [0, 0.05) is 0 Å². The van der Waals surface area contributed by atoms with Gasteiger partial charge in [-0.2, -0.15) is 0 Å². The third-order valence-electron chi connectivity index (χ3n) is 2.35. The number of benzene rings is 1. The summed E-state index contributed by atoms with van der Waals surface area (Å²) in [6, 6.07) is 5.71. The standard InChI is InChI=1S/C10H10FN4O2/c11-7-2-1-3-8(4-7)15-6-9(5-13-14-12)17-10(15)16/h1-4,9,12H,5-6H2/q+1/t9-/m0/s1. The van der Waals surface area contributed by atoms with Crippen molar-refractivity contribution in [2.24, 2.45) is 5.11 Å². The van der Waals surface area contributed by atoms with Gasteiger partial charge in [0.05, 0.1) is 12.2 Å². The van der Waals surface area contributed by atoms with Gasteiger partial charge in [0.2, 0.25) is 4.91 Å². The minimum absolute atomic E-state index is 0.140. The fraction of sp³-hybridized carbons (Fsp3) is 0.300. The SMILES string of the molecule is N=[N+]=NC[C@H]1CN(c2cccc(F)c2)C(=O)O1. The van der Waals surface area contributed by atoms with Gasteiger partial charge in [-0.15, -0.1) is 0 Å². The highest BCUT2D eigenvalue weighted by Crippen LogP contribution is 2.22. The summed E-state index contributed by atoms with van der Waals surface area (Å²) in [6.45, 7) is 0.419. The van der Waals surface area contributed by atoms with Crippen molar-refractivity contribution in [2.75, 3.05) is 18.0 Å². The lowest BCUT2D eigenvalue weighted by atomic mass is 10.2. The zero-order valence-corrected chi connectivity index (χ0v) is 8.84. The average Bonchev–Trinajstić information content (AvgIpc) is 2.68. The molecule has 88 valence electrons. The van der Waals surface area contributed by atoms with Crippen molar-refractivity contribution in [3.05, 3.63) is 30.1 Å². The highest BCUT2D eigenvalue weighted by atomic mass is 19.1. The van der Waals surface area contributed by atoms with E-state index in [1.165, 1.54) is 23.1 Å². The number of anilines is 1. The van der Waals surface area contributed by atoms with Gasteiger partial charge in [-0.05, 0) is 18.2 Å². The van der Waals surface area contributed by atoms with E-state index in [-0.39, 0.29) is 13.1 Å². The molecule has 1 aromatic rings. The van der Waals surface area contributed by atoms with E-state index in [1.807, 2.05) is 0 Å². The lowest BCUT2D eigenvalue weighted by molar-refractivity contribution is 0.144. The molecule has 1 N–H and O–H groups in total. The van der Waals surface area contributed by atoms with Crippen molar-refractivity contribution in [2.45, 2.75) is 6.10 Å². The van der Waals surface area contributed by atoms with Crippen molar-refractivity contribution in [1.29, 1.82) is 5.53 Å². The van der Waals surface area contributed by atoms with Crippen LogP contribution in [0, 0.1) is 11.3 Å². The smallest absolute Gasteiger partial charge is 0.414 e. The van der Waals surface area contributed by atoms with E-state index in [0.29, 0.717) is 5.69 Å². The summed E-state index contributed by atoms with van der Waals surface area (Å²) in [4.78, 5) is 15.7. The predicted molar refractivity (Wildman–Crippen MR) is 56.2 cm³/mol. The third-order valence-corrected chi connectivity index (χ3v) is 2.35. The first-order chi connectivity index (χ1) is 8.20. The van der Waals surface area contributed by atoms with E-state index in [4.69, 9.17) is 10.3 Å². The summed E-state index contributed by atoms with van der Waals surface area (Å²) >= 11 is 0. The van der Waals surface area contributed by atoms with Crippen molar-refractivity contribution in [3.8, 4) is 0 Å². The van der Waals surface area contributed by atoms with Crippen LogP contribution in [0.2, 0.25) is 0 Å². The number of cyclic esters (lactones) is 1. The monoisotopic (exact) mass is 237 g/mol. The Balaban J connectivity index is 2.12. The molecule has 0 aromatic heterocycles. The summed E-state index contributed by atoms with van der Waals surface area (Å²) in [5.41, 5.74) is 6.96. The molecule has 6 nitrogen and oxygen atoms in total. The molecule has 1 fully saturated rings. The number of ether oxygens (including phenoxy) is 1. The normalized spacial score (nSPS) is 18.8. The lowest BCUT2D eigenvalue weighted by Crippen LogP contribution is -2.25. The molecular weight excluding hydrogens is 227 g/mol. The second kappa shape index (κ2) is 4.71. The quantitative estimate of drug-likeness (QED) is 0.641. The summed E-state index contributed by atoms with van der Waals surface area (Å²) in [7, 11) is 0. The van der Waals surface area contributed by atoms with E-state index in [9.17, 15) is 9.18 Å². The van der Waals surface area contributed by atoms with E-state index in [1.54, 1.807) is 6.07 Å². The van der Waals surface area contributed by atoms with E-state index < -0.39 is 18.0 Å². The molecular formula is C10H10FN4O2+. The van der Waals surface area contributed by atoms with Gasteiger partial charge in [0.1, 0.15) is 22.6 Å². The first-order valence-electron chi connectivity index (χ1n) is 4.97. The van der Waals surface area contributed by atoms with Crippen LogP contribution >= 0.6 is 0 Å². The van der Waals surface area contributed by atoms with Crippen LogP contribution in [0.5, 0.6) is 0 Å². The number of hydrogen-bond acceptors (Lipinski definition) is 4. The van der Waals surface area contributed by atoms with Crippen LogP contribution in [0.3, 0.4) is 0 Å². The second-order valence-electron chi connectivity index (χ2n) is 3.52. The average molecular weight is 237 g/mol.